The van der Waals surface area contributed by atoms with E-state index in [4.69, 9.17) is 13.9 Å². The van der Waals surface area contributed by atoms with Crippen LogP contribution in [0.15, 0.2) is 47.1 Å². The normalized spacial score (nSPS) is 12.7. The zero-order chi connectivity index (χ0) is 25.1. The van der Waals surface area contributed by atoms with Crippen molar-refractivity contribution in [3.63, 3.8) is 0 Å². The fourth-order valence-corrected chi connectivity index (χ4v) is 3.61. The van der Waals surface area contributed by atoms with Crippen molar-refractivity contribution < 1.29 is 28.3 Å². The van der Waals surface area contributed by atoms with E-state index in [-0.39, 0.29) is 48.9 Å². The van der Waals surface area contributed by atoms with Crippen LogP contribution in [0.1, 0.15) is 44.8 Å². The van der Waals surface area contributed by atoms with Gasteiger partial charge >= 0.3 is 0 Å². The predicted molar refractivity (Wildman–Crippen MR) is 128 cm³/mol. The number of carbonyl (C=O) groups excluding carboxylic acids is 3. The van der Waals surface area contributed by atoms with Gasteiger partial charge in [-0.15, -0.1) is 0 Å². The molecule has 0 saturated carbocycles. The van der Waals surface area contributed by atoms with Gasteiger partial charge in [0.1, 0.15) is 24.3 Å². The second-order valence-corrected chi connectivity index (χ2v) is 8.31. The molecule has 1 aromatic heterocycles. The van der Waals surface area contributed by atoms with Crippen LogP contribution in [-0.2, 0) is 11.3 Å². The number of rotatable bonds is 8. The molecule has 3 aromatic rings. The summed E-state index contributed by atoms with van der Waals surface area (Å²) in [5.41, 5.74) is 3.02. The van der Waals surface area contributed by atoms with Gasteiger partial charge in [-0.1, -0.05) is 12.1 Å². The van der Waals surface area contributed by atoms with Gasteiger partial charge in [0.15, 0.2) is 24.7 Å². The van der Waals surface area contributed by atoms with Crippen molar-refractivity contribution in [3.8, 4) is 11.5 Å². The fraction of sp³-hybridized carbons (Fsp3) is 0.308. The number of ether oxygens (including phenoxy) is 2. The number of fused-ring (bicyclic) bond motifs is 1. The number of benzene rings is 2. The minimum absolute atomic E-state index is 0.00502. The van der Waals surface area contributed by atoms with Crippen LogP contribution in [0.5, 0.6) is 11.5 Å². The van der Waals surface area contributed by atoms with E-state index in [2.05, 4.69) is 4.98 Å². The topological polar surface area (TPSA) is 102 Å². The highest BCUT2D eigenvalue weighted by atomic mass is 16.5. The lowest BCUT2D eigenvalue weighted by atomic mass is 10.1. The molecule has 0 saturated heterocycles. The van der Waals surface area contributed by atoms with Crippen molar-refractivity contribution >= 4 is 23.3 Å². The molecule has 0 unspecified atom stereocenters. The van der Waals surface area contributed by atoms with E-state index in [1.54, 1.807) is 25.2 Å². The first-order valence-corrected chi connectivity index (χ1v) is 11.3. The van der Waals surface area contributed by atoms with E-state index in [0.717, 1.165) is 11.1 Å². The predicted octanol–water partition coefficient (Wildman–Crippen LogP) is 3.57. The number of oxazole rings is 1. The molecule has 1 aliphatic heterocycles. The van der Waals surface area contributed by atoms with Gasteiger partial charge in [-0.3, -0.25) is 19.3 Å². The average Bonchev–Trinajstić information content (AvgIpc) is 3.33. The molecule has 9 heteroatoms. The number of amides is 2. The van der Waals surface area contributed by atoms with E-state index in [1.807, 2.05) is 39.0 Å². The Morgan fingerprint density at radius 3 is 2.77 bits per heavy atom. The van der Waals surface area contributed by atoms with Crippen molar-refractivity contribution in [2.45, 2.75) is 27.3 Å². The molecule has 0 N–H and O–H groups in total. The summed E-state index contributed by atoms with van der Waals surface area (Å²) >= 11 is 0. The van der Waals surface area contributed by atoms with Crippen molar-refractivity contribution in [3.05, 3.63) is 70.9 Å². The van der Waals surface area contributed by atoms with Gasteiger partial charge in [-0.25, -0.2) is 4.98 Å². The number of hydrogen-bond donors (Lipinski definition) is 0. The monoisotopic (exact) mass is 477 g/mol. The first kappa shape index (κ1) is 24.0. The lowest BCUT2D eigenvalue weighted by Crippen LogP contribution is -2.38. The highest BCUT2D eigenvalue weighted by Crippen LogP contribution is 2.34. The number of aromatic nitrogens is 1. The standard InChI is InChI=1S/C26H27N3O6/c1-5-28(4)26(32)19-13-35-24(27-19)12-29-20-11-18(9-10-23(20)34-15-25(29)31)21(30)14-33-22-8-6-7-16(2)17(22)3/h6-11,13H,5,12,14-15H2,1-4H3. The second-order valence-electron chi connectivity index (χ2n) is 8.31. The van der Waals surface area contributed by atoms with Crippen molar-refractivity contribution in [2.24, 2.45) is 0 Å². The second kappa shape index (κ2) is 10.0. The maximum absolute atomic E-state index is 12.9. The molecule has 0 bridgehead atoms. The van der Waals surface area contributed by atoms with Gasteiger partial charge in [0.25, 0.3) is 11.8 Å². The van der Waals surface area contributed by atoms with E-state index in [9.17, 15) is 14.4 Å². The third kappa shape index (κ3) is 5.03. The van der Waals surface area contributed by atoms with Crippen molar-refractivity contribution in [1.29, 1.82) is 0 Å². The van der Waals surface area contributed by atoms with Crippen molar-refractivity contribution in [2.75, 3.05) is 31.7 Å². The smallest absolute Gasteiger partial charge is 0.275 e. The summed E-state index contributed by atoms with van der Waals surface area (Å²) in [6, 6.07) is 10.6. The van der Waals surface area contributed by atoms with Gasteiger partial charge in [0.2, 0.25) is 5.89 Å². The molecule has 0 aliphatic carbocycles. The van der Waals surface area contributed by atoms with Crippen LogP contribution < -0.4 is 14.4 Å². The molecule has 182 valence electrons. The minimum atomic E-state index is -0.314. The molecule has 2 amide bonds. The van der Waals surface area contributed by atoms with Crippen LogP contribution >= 0.6 is 0 Å². The van der Waals surface area contributed by atoms with Crippen LogP contribution in [-0.4, -0.2) is 54.3 Å². The first-order chi connectivity index (χ1) is 16.8. The Kier molecular flexibility index (Phi) is 6.86. The molecule has 2 aromatic carbocycles. The summed E-state index contributed by atoms with van der Waals surface area (Å²) in [4.78, 5) is 45.0. The number of aryl methyl sites for hydroxylation is 1. The molecule has 0 fully saturated rings. The molecule has 1 aliphatic rings. The van der Waals surface area contributed by atoms with E-state index < -0.39 is 0 Å². The molecule has 0 radical (unpaired) electrons. The molecular formula is C26H27N3O6. The van der Waals surface area contributed by atoms with Crippen LogP contribution in [0.3, 0.4) is 0 Å². The number of hydrogen-bond acceptors (Lipinski definition) is 7. The molecule has 0 spiro atoms. The molecule has 9 nitrogen and oxygen atoms in total. The summed E-state index contributed by atoms with van der Waals surface area (Å²) < 4.78 is 16.7. The number of Topliss-reactive ketones (excluding diaryl/α,β-unsaturated/α-hetero) is 1. The maximum atomic E-state index is 12.9. The zero-order valence-corrected chi connectivity index (χ0v) is 20.2. The number of ketones is 1. The summed E-state index contributed by atoms with van der Waals surface area (Å²) in [6.07, 6.45) is 1.28. The Labute approximate surface area is 203 Å². The highest BCUT2D eigenvalue weighted by molar-refractivity contribution is 6.02. The maximum Gasteiger partial charge on any atom is 0.275 e. The van der Waals surface area contributed by atoms with E-state index in [0.29, 0.717) is 29.3 Å². The quantitative estimate of drug-likeness (QED) is 0.457. The Hall–Kier alpha value is -4.14. The Morgan fingerprint density at radius 1 is 1.20 bits per heavy atom. The van der Waals surface area contributed by atoms with Crippen LogP contribution in [0.4, 0.5) is 5.69 Å². The van der Waals surface area contributed by atoms with E-state index >= 15 is 0 Å². The number of carbonyl (C=O) groups is 3. The molecule has 35 heavy (non-hydrogen) atoms. The molecular weight excluding hydrogens is 450 g/mol. The summed E-state index contributed by atoms with van der Waals surface area (Å²) in [7, 11) is 1.67. The number of nitrogens with zero attached hydrogens (tertiary/aromatic N) is 3. The van der Waals surface area contributed by atoms with Crippen LogP contribution in [0.25, 0.3) is 0 Å². The van der Waals surface area contributed by atoms with Crippen molar-refractivity contribution in [1.82, 2.24) is 9.88 Å². The van der Waals surface area contributed by atoms with E-state index in [1.165, 1.54) is 16.1 Å². The summed E-state index contributed by atoms with van der Waals surface area (Å²) in [5, 5.41) is 0. The fourth-order valence-electron chi connectivity index (χ4n) is 3.61. The van der Waals surface area contributed by atoms with Crippen LogP contribution in [0.2, 0.25) is 0 Å². The largest absolute Gasteiger partial charge is 0.485 e. The third-order valence-electron chi connectivity index (χ3n) is 6.02. The van der Waals surface area contributed by atoms with Gasteiger partial charge in [-0.2, -0.15) is 0 Å². The van der Waals surface area contributed by atoms with Crippen LogP contribution in [0, 0.1) is 13.8 Å². The zero-order valence-electron chi connectivity index (χ0n) is 20.2. The lowest BCUT2D eigenvalue weighted by molar-refractivity contribution is -0.121. The highest BCUT2D eigenvalue weighted by Gasteiger charge is 2.29. The molecule has 0 atom stereocenters. The van der Waals surface area contributed by atoms with Gasteiger partial charge in [-0.05, 0) is 56.2 Å². The molecule has 2 heterocycles. The van der Waals surface area contributed by atoms with Gasteiger partial charge < -0.3 is 18.8 Å². The molecule has 4 rings (SSSR count). The summed E-state index contributed by atoms with van der Waals surface area (Å²) in [6.45, 7) is 6.00. The number of anilines is 1. The third-order valence-corrected chi connectivity index (χ3v) is 6.02. The Balaban J connectivity index is 1.52. The Morgan fingerprint density at radius 2 is 2.00 bits per heavy atom. The van der Waals surface area contributed by atoms with Gasteiger partial charge in [0, 0.05) is 19.2 Å². The first-order valence-electron chi connectivity index (χ1n) is 11.3. The lowest BCUT2D eigenvalue weighted by Gasteiger charge is -2.28. The average molecular weight is 478 g/mol. The SMILES string of the molecule is CCN(C)C(=O)c1coc(CN2C(=O)COc3ccc(C(=O)COc4cccc(C)c4C)cc32)n1. The summed E-state index contributed by atoms with van der Waals surface area (Å²) in [5.74, 6) is 0.496. The van der Waals surface area contributed by atoms with Gasteiger partial charge in [0.05, 0.1) is 5.69 Å². The Bertz CT molecular complexity index is 1280. The minimum Gasteiger partial charge on any atom is -0.485 e.